The predicted octanol–water partition coefficient (Wildman–Crippen LogP) is 3.17. The number of benzene rings is 2. The molecule has 0 unspecified atom stereocenters. The largest absolute Gasteiger partial charge is 0.451 e. The van der Waals surface area contributed by atoms with Gasteiger partial charge in [0.15, 0.2) is 5.76 Å². The molecule has 8 nitrogen and oxygen atoms in total. The summed E-state index contributed by atoms with van der Waals surface area (Å²) in [7, 11) is -3.75. The van der Waals surface area contributed by atoms with E-state index in [0.717, 1.165) is 10.9 Å². The number of fused-ring (bicyclic) bond motifs is 1. The summed E-state index contributed by atoms with van der Waals surface area (Å²) in [6.45, 7) is 7.77. The topological polar surface area (TPSA) is 118 Å². The molecule has 2 aromatic carbocycles. The van der Waals surface area contributed by atoms with Crippen LogP contribution in [0.3, 0.4) is 0 Å². The quantitative estimate of drug-likeness (QED) is 0.492. The molecule has 32 heavy (non-hydrogen) atoms. The molecule has 0 fully saturated rings. The number of amides is 2. The monoisotopic (exact) mass is 457 g/mol. The number of nitrogens with one attached hydrogen (secondary N) is 3. The second kappa shape index (κ2) is 9.13. The number of furan rings is 1. The van der Waals surface area contributed by atoms with E-state index < -0.39 is 21.8 Å². The maximum Gasteiger partial charge on any atom is 0.305 e. The molecule has 9 heteroatoms. The first-order chi connectivity index (χ1) is 15.0. The van der Waals surface area contributed by atoms with E-state index in [1.807, 2.05) is 32.9 Å². The first kappa shape index (κ1) is 23.5. The number of hydrogen-bond acceptors (Lipinski definition) is 5. The number of hydrazine groups is 1. The second-order valence-corrected chi connectivity index (χ2v) is 10.2. The molecule has 3 N–H and O–H groups in total. The van der Waals surface area contributed by atoms with E-state index in [9.17, 15) is 18.0 Å². The lowest BCUT2D eigenvalue weighted by Gasteiger charge is -2.19. The highest BCUT2D eigenvalue weighted by molar-refractivity contribution is 7.89. The van der Waals surface area contributed by atoms with Crippen LogP contribution in [0, 0.1) is 6.92 Å². The van der Waals surface area contributed by atoms with Gasteiger partial charge in [0.2, 0.25) is 15.9 Å². The zero-order chi connectivity index (χ0) is 23.5. The van der Waals surface area contributed by atoms with Crippen molar-refractivity contribution in [1.29, 1.82) is 0 Å². The van der Waals surface area contributed by atoms with Gasteiger partial charge in [-0.3, -0.25) is 20.4 Å². The highest BCUT2D eigenvalue weighted by atomic mass is 32.2. The molecule has 3 aromatic rings. The Morgan fingerprint density at radius 1 is 0.969 bits per heavy atom. The van der Waals surface area contributed by atoms with Gasteiger partial charge in [0.1, 0.15) is 5.58 Å². The SMILES string of the molecule is Cc1c(C(=O)NNC(=O)CCNS(=O)(=O)c2ccc(C(C)(C)C)cc2)oc2ccccc12. The van der Waals surface area contributed by atoms with Crippen molar-refractivity contribution >= 4 is 32.8 Å². The number of aryl methyl sites for hydroxylation is 1. The molecule has 0 bridgehead atoms. The summed E-state index contributed by atoms with van der Waals surface area (Å²) in [5.74, 6) is -1.03. The van der Waals surface area contributed by atoms with E-state index in [2.05, 4.69) is 15.6 Å². The van der Waals surface area contributed by atoms with Gasteiger partial charge in [0.25, 0.3) is 0 Å². The van der Waals surface area contributed by atoms with Gasteiger partial charge in [-0.25, -0.2) is 13.1 Å². The molecule has 3 rings (SSSR count). The summed E-state index contributed by atoms with van der Waals surface area (Å²) < 4.78 is 32.8. The Labute approximate surface area is 187 Å². The highest BCUT2D eigenvalue weighted by Crippen LogP contribution is 2.25. The molecular weight excluding hydrogens is 430 g/mol. The third-order valence-corrected chi connectivity index (χ3v) is 6.52. The normalized spacial score (nSPS) is 12.0. The third kappa shape index (κ3) is 5.35. The molecule has 0 saturated carbocycles. The van der Waals surface area contributed by atoms with Crippen molar-refractivity contribution in [2.24, 2.45) is 0 Å². The average Bonchev–Trinajstić information content (AvgIpc) is 3.08. The van der Waals surface area contributed by atoms with E-state index >= 15 is 0 Å². The zero-order valence-corrected chi connectivity index (χ0v) is 19.3. The van der Waals surface area contributed by atoms with Gasteiger partial charge < -0.3 is 4.42 Å². The molecule has 0 aliphatic heterocycles. The molecular formula is C23H27N3O5S. The molecule has 1 aromatic heterocycles. The van der Waals surface area contributed by atoms with E-state index in [-0.39, 0.29) is 29.0 Å². The molecule has 0 spiro atoms. The lowest BCUT2D eigenvalue weighted by molar-refractivity contribution is -0.121. The molecule has 2 amide bonds. The van der Waals surface area contributed by atoms with Crippen molar-refractivity contribution in [3.8, 4) is 0 Å². The fourth-order valence-electron chi connectivity index (χ4n) is 3.15. The van der Waals surface area contributed by atoms with Crippen LogP contribution in [-0.4, -0.2) is 26.8 Å². The molecule has 170 valence electrons. The summed E-state index contributed by atoms with van der Waals surface area (Å²) in [4.78, 5) is 24.5. The van der Waals surface area contributed by atoms with Crippen LogP contribution in [0.15, 0.2) is 57.8 Å². The van der Waals surface area contributed by atoms with Crippen molar-refractivity contribution in [3.05, 3.63) is 65.4 Å². The lowest BCUT2D eigenvalue weighted by atomic mass is 9.87. The van der Waals surface area contributed by atoms with Gasteiger partial charge in [-0.05, 0) is 36.1 Å². The van der Waals surface area contributed by atoms with Crippen LogP contribution in [0.2, 0.25) is 0 Å². The minimum atomic E-state index is -3.75. The Hall–Kier alpha value is -3.17. The predicted molar refractivity (Wildman–Crippen MR) is 122 cm³/mol. The molecule has 0 saturated heterocycles. The van der Waals surface area contributed by atoms with Gasteiger partial charge in [0, 0.05) is 23.9 Å². The maximum atomic E-state index is 12.4. The second-order valence-electron chi connectivity index (χ2n) is 8.48. The van der Waals surface area contributed by atoms with Crippen LogP contribution in [0.5, 0.6) is 0 Å². The molecule has 0 radical (unpaired) electrons. The third-order valence-electron chi connectivity index (χ3n) is 5.04. The highest BCUT2D eigenvalue weighted by Gasteiger charge is 2.19. The molecule has 0 aliphatic rings. The van der Waals surface area contributed by atoms with Crippen molar-refractivity contribution in [1.82, 2.24) is 15.6 Å². The Kier molecular flexibility index (Phi) is 6.71. The summed E-state index contributed by atoms with van der Waals surface area (Å²) in [5, 5.41) is 0.814. The van der Waals surface area contributed by atoms with Gasteiger partial charge in [-0.15, -0.1) is 0 Å². The van der Waals surface area contributed by atoms with Crippen LogP contribution in [0.1, 0.15) is 48.9 Å². The van der Waals surface area contributed by atoms with Gasteiger partial charge in [-0.2, -0.15) is 0 Å². The Morgan fingerprint density at radius 2 is 1.62 bits per heavy atom. The number of rotatable bonds is 6. The van der Waals surface area contributed by atoms with Crippen molar-refractivity contribution in [2.75, 3.05) is 6.54 Å². The van der Waals surface area contributed by atoms with Crippen LogP contribution < -0.4 is 15.6 Å². The number of hydrogen-bond donors (Lipinski definition) is 3. The minimum Gasteiger partial charge on any atom is -0.451 e. The smallest absolute Gasteiger partial charge is 0.305 e. The Bertz CT molecular complexity index is 1240. The summed E-state index contributed by atoms with van der Waals surface area (Å²) in [5.41, 5.74) is 6.74. The minimum absolute atomic E-state index is 0.0842. The summed E-state index contributed by atoms with van der Waals surface area (Å²) >= 11 is 0. The number of carbonyl (C=O) groups excluding carboxylic acids is 2. The van der Waals surface area contributed by atoms with Gasteiger partial charge in [-0.1, -0.05) is 51.1 Å². The number of carbonyl (C=O) groups is 2. The molecule has 0 atom stereocenters. The van der Waals surface area contributed by atoms with Crippen LogP contribution in [0.4, 0.5) is 0 Å². The van der Waals surface area contributed by atoms with Crippen molar-refractivity contribution < 1.29 is 22.4 Å². The van der Waals surface area contributed by atoms with E-state index in [4.69, 9.17) is 4.42 Å². The van der Waals surface area contributed by atoms with Crippen LogP contribution >= 0.6 is 0 Å². The number of para-hydroxylation sites is 1. The van der Waals surface area contributed by atoms with Crippen LogP contribution in [-0.2, 0) is 20.2 Å². The standard InChI is InChI=1S/C23H27N3O5S/c1-15-18-7-5-6-8-19(18)31-21(15)22(28)26-25-20(27)13-14-24-32(29,30)17-11-9-16(10-12-17)23(2,3)4/h5-12,24H,13-14H2,1-4H3,(H,25,27)(H,26,28). The van der Waals surface area contributed by atoms with Gasteiger partial charge in [0.05, 0.1) is 4.90 Å². The van der Waals surface area contributed by atoms with Crippen LogP contribution in [0.25, 0.3) is 11.0 Å². The van der Waals surface area contributed by atoms with E-state index in [1.54, 1.807) is 43.3 Å². The summed E-state index contributed by atoms with van der Waals surface area (Å²) in [6, 6.07) is 13.9. The van der Waals surface area contributed by atoms with Gasteiger partial charge >= 0.3 is 5.91 Å². The van der Waals surface area contributed by atoms with Crippen molar-refractivity contribution in [3.63, 3.8) is 0 Å². The first-order valence-corrected chi connectivity index (χ1v) is 11.6. The molecule has 1 heterocycles. The summed E-state index contributed by atoms with van der Waals surface area (Å²) in [6.07, 6.45) is -0.154. The lowest BCUT2D eigenvalue weighted by Crippen LogP contribution is -2.42. The fraction of sp³-hybridized carbons (Fsp3) is 0.304. The van der Waals surface area contributed by atoms with E-state index in [0.29, 0.717) is 11.1 Å². The molecule has 0 aliphatic carbocycles. The van der Waals surface area contributed by atoms with E-state index in [1.165, 1.54) is 0 Å². The number of sulfonamides is 1. The van der Waals surface area contributed by atoms with Crippen molar-refractivity contribution in [2.45, 2.75) is 44.4 Å². The Morgan fingerprint density at radius 3 is 2.25 bits per heavy atom. The maximum absolute atomic E-state index is 12.4. The first-order valence-electron chi connectivity index (χ1n) is 10.2. The average molecular weight is 458 g/mol. The zero-order valence-electron chi connectivity index (χ0n) is 18.5. The fourth-order valence-corrected chi connectivity index (χ4v) is 4.18. The Balaban J connectivity index is 1.50.